The molecule has 0 aliphatic carbocycles. The van der Waals surface area contributed by atoms with Crippen molar-refractivity contribution < 1.29 is 9.13 Å². The number of ether oxygens (including phenoxy) is 1. The topological polar surface area (TPSA) is 15.7 Å². The van der Waals surface area contributed by atoms with Crippen LogP contribution < -0.4 is 9.64 Å². The Morgan fingerprint density at radius 1 is 0.607 bits per heavy atom. The van der Waals surface area contributed by atoms with Crippen LogP contribution >= 0.6 is 0 Å². The predicted molar refractivity (Wildman–Crippen MR) is 111 cm³/mol. The summed E-state index contributed by atoms with van der Waals surface area (Å²) < 4.78 is 21.8. The normalized spacial score (nSPS) is 16.2. The number of nitrogens with zero attached hydrogens (tertiary/aromatic N) is 2. The lowest BCUT2D eigenvalue weighted by Gasteiger charge is -2.38. The number of piperazine rings is 1. The van der Waals surface area contributed by atoms with Gasteiger partial charge in [-0.1, -0.05) is 42.5 Å². The van der Waals surface area contributed by atoms with E-state index in [1.165, 1.54) is 5.69 Å². The third kappa shape index (κ3) is 2.91. The Morgan fingerprint density at radius 2 is 1.14 bits per heavy atom. The Balaban J connectivity index is 1.52. The molecule has 3 aromatic carbocycles. The van der Waals surface area contributed by atoms with Crippen LogP contribution in [0.3, 0.4) is 0 Å². The zero-order chi connectivity index (χ0) is 18.9. The van der Waals surface area contributed by atoms with E-state index in [2.05, 4.69) is 34.1 Å². The largest absolute Gasteiger partial charge is 0.456 e. The molecule has 140 valence electrons. The van der Waals surface area contributed by atoms with Crippen LogP contribution in [0.15, 0.2) is 78.9 Å². The van der Waals surface area contributed by atoms with E-state index in [1.807, 2.05) is 48.5 Å². The minimum atomic E-state index is -0.214. The molecule has 1 saturated heterocycles. The number of hydrogen-bond acceptors (Lipinski definition) is 3. The van der Waals surface area contributed by atoms with E-state index >= 15 is 4.39 Å². The number of fused-ring (bicyclic) bond motifs is 2. The molecule has 0 bridgehead atoms. The van der Waals surface area contributed by atoms with Crippen molar-refractivity contribution in [2.75, 3.05) is 31.1 Å². The van der Waals surface area contributed by atoms with Gasteiger partial charge in [0.2, 0.25) is 0 Å². The Bertz CT molecular complexity index is 1020. The first-order valence-corrected chi connectivity index (χ1v) is 9.62. The second-order valence-corrected chi connectivity index (χ2v) is 7.07. The smallest absolute Gasteiger partial charge is 0.158 e. The minimum absolute atomic E-state index is 0.214. The van der Waals surface area contributed by atoms with Crippen molar-refractivity contribution in [2.24, 2.45) is 0 Å². The Morgan fingerprint density at radius 3 is 1.86 bits per heavy atom. The molecule has 5 rings (SSSR count). The van der Waals surface area contributed by atoms with Crippen LogP contribution in [0.5, 0.6) is 11.5 Å². The van der Waals surface area contributed by atoms with Crippen molar-refractivity contribution in [3.05, 3.63) is 90.0 Å². The summed E-state index contributed by atoms with van der Waals surface area (Å²) in [5.74, 6) is 1.04. The van der Waals surface area contributed by atoms with Crippen LogP contribution in [0, 0.1) is 0 Å². The highest BCUT2D eigenvalue weighted by Gasteiger charge is 2.29. The van der Waals surface area contributed by atoms with Gasteiger partial charge in [-0.15, -0.1) is 0 Å². The molecule has 0 radical (unpaired) electrons. The number of benzene rings is 3. The molecule has 0 spiro atoms. The second-order valence-electron chi connectivity index (χ2n) is 7.07. The molecule has 0 amide bonds. The van der Waals surface area contributed by atoms with Gasteiger partial charge in [-0.05, 0) is 36.4 Å². The SMILES string of the molecule is FC1=C(N2CCN(c3ccccc3)CC2)c2ccccc2Oc2ccccc21. The molecule has 0 atom stereocenters. The van der Waals surface area contributed by atoms with Crippen molar-refractivity contribution in [3.63, 3.8) is 0 Å². The average molecular weight is 372 g/mol. The summed E-state index contributed by atoms with van der Waals surface area (Å²) >= 11 is 0. The van der Waals surface area contributed by atoms with E-state index in [9.17, 15) is 0 Å². The summed E-state index contributed by atoms with van der Waals surface area (Å²) in [4.78, 5) is 4.50. The molecular weight excluding hydrogens is 351 g/mol. The fraction of sp³-hybridized carbons (Fsp3) is 0.167. The van der Waals surface area contributed by atoms with E-state index in [-0.39, 0.29) is 5.83 Å². The van der Waals surface area contributed by atoms with Crippen molar-refractivity contribution in [2.45, 2.75) is 0 Å². The van der Waals surface area contributed by atoms with Crippen LogP contribution in [-0.2, 0) is 0 Å². The molecule has 4 heteroatoms. The van der Waals surface area contributed by atoms with E-state index in [0.29, 0.717) is 22.8 Å². The van der Waals surface area contributed by atoms with Crippen LogP contribution in [0.2, 0.25) is 0 Å². The summed E-state index contributed by atoms with van der Waals surface area (Å²) in [5.41, 5.74) is 3.17. The standard InChI is InChI=1S/C24H21FN2O/c25-23-19-10-4-6-12-21(19)28-22-13-7-5-11-20(22)24(23)27-16-14-26(15-17-27)18-8-2-1-3-9-18/h1-13H,14-17H2. The van der Waals surface area contributed by atoms with E-state index in [1.54, 1.807) is 6.07 Å². The Hall–Kier alpha value is -3.27. The third-order valence-corrected chi connectivity index (χ3v) is 5.41. The molecule has 3 aromatic rings. The van der Waals surface area contributed by atoms with Gasteiger partial charge in [0.1, 0.15) is 11.5 Å². The number of rotatable bonds is 2. The summed E-state index contributed by atoms with van der Waals surface area (Å²) in [7, 11) is 0. The quantitative estimate of drug-likeness (QED) is 0.598. The molecule has 2 aliphatic heterocycles. The van der Waals surface area contributed by atoms with Crippen LogP contribution in [0.1, 0.15) is 11.1 Å². The van der Waals surface area contributed by atoms with E-state index in [4.69, 9.17) is 4.74 Å². The van der Waals surface area contributed by atoms with Crippen molar-refractivity contribution in [1.29, 1.82) is 0 Å². The maximum absolute atomic E-state index is 15.7. The lowest BCUT2D eigenvalue weighted by atomic mass is 10.0. The molecule has 3 nitrogen and oxygen atoms in total. The van der Waals surface area contributed by atoms with Crippen molar-refractivity contribution in [3.8, 4) is 11.5 Å². The van der Waals surface area contributed by atoms with Crippen molar-refractivity contribution in [1.82, 2.24) is 4.90 Å². The van der Waals surface area contributed by atoms with Gasteiger partial charge in [-0.3, -0.25) is 0 Å². The molecule has 2 heterocycles. The highest BCUT2D eigenvalue weighted by molar-refractivity contribution is 5.91. The van der Waals surface area contributed by atoms with Crippen LogP contribution in [0.4, 0.5) is 10.1 Å². The number of para-hydroxylation sites is 3. The summed E-state index contributed by atoms with van der Waals surface area (Å²) in [6.45, 7) is 3.22. The highest BCUT2D eigenvalue weighted by Crippen LogP contribution is 2.44. The van der Waals surface area contributed by atoms with Gasteiger partial charge >= 0.3 is 0 Å². The summed E-state index contributed by atoms with van der Waals surface area (Å²) in [6, 6.07) is 25.4. The molecule has 0 unspecified atom stereocenters. The van der Waals surface area contributed by atoms with E-state index in [0.717, 1.165) is 31.7 Å². The molecule has 2 aliphatic rings. The highest BCUT2D eigenvalue weighted by atomic mass is 19.1. The van der Waals surface area contributed by atoms with Gasteiger partial charge in [0.05, 0.1) is 11.3 Å². The fourth-order valence-electron chi connectivity index (χ4n) is 3.99. The molecule has 0 N–H and O–H groups in total. The molecule has 28 heavy (non-hydrogen) atoms. The third-order valence-electron chi connectivity index (χ3n) is 5.41. The molecule has 0 saturated carbocycles. The first-order chi connectivity index (χ1) is 13.8. The van der Waals surface area contributed by atoms with Gasteiger partial charge in [-0.2, -0.15) is 0 Å². The van der Waals surface area contributed by atoms with Gasteiger partial charge in [0.15, 0.2) is 5.83 Å². The van der Waals surface area contributed by atoms with Gasteiger partial charge < -0.3 is 14.5 Å². The van der Waals surface area contributed by atoms with Gasteiger partial charge in [0.25, 0.3) is 0 Å². The molecular formula is C24H21FN2O. The Kier molecular flexibility index (Phi) is 4.24. The monoisotopic (exact) mass is 372 g/mol. The Labute approximate surface area is 164 Å². The van der Waals surface area contributed by atoms with Crippen LogP contribution in [-0.4, -0.2) is 31.1 Å². The number of halogens is 1. The number of anilines is 1. The molecule has 0 aromatic heterocycles. The van der Waals surface area contributed by atoms with Gasteiger partial charge in [0, 0.05) is 37.4 Å². The minimum Gasteiger partial charge on any atom is -0.456 e. The summed E-state index contributed by atoms with van der Waals surface area (Å²) in [5, 5.41) is 0. The lowest BCUT2D eigenvalue weighted by Crippen LogP contribution is -2.45. The fourth-order valence-corrected chi connectivity index (χ4v) is 3.99. The maximum Gasteiger partial charge on any atom is 0.158 e. The summed E-state index contributed by atoms with van der Waals surface area (Å²) in [6.07, 6.45) is 0. The lowest BCUT2D eigenvalue weighted by molar-refractivity contribution is 0.364. The second kappa shape index (κ2) is 7.04. The number of hydrogen-bond donors (Lipinski definition) is 0. The molecule has 1 fully saturated rings. The van der Waals surface area contributed by atoms with E-state index < -0.39 is 0 Å². The first kappa shape index (κ1) is 16.9. The predicted octanol–water partition coefficient (Wildman–Crippen LogP) is 5.41. The maximum atomic E-state index is 15.7. The average Bonchev–Trinajstić information content (AvgIpc) is 2.88. The zero-order valence-electron chi connectivity index (χ0n) is 15.5. The zero-order valence-corrected chi connectivity index (χ0v) is 15.5. The van der Waals surface area contributed by atoms with Crippen LogP contribution in [0.25, 0.3) is 11.5 Å². The van der Waals surface area contributed by atoms with Crippen molar-refractivity contribution >= 4 is 17.2 Å². The van der Waals surface area contributed by atoms with Gasteiger partial charge in [-0.25, -0.2) is 4.39 Å². The first-order valence-electron chi connectivity index (χ1n) is 9.62.